The van der Waals surface area contributed by atoms with E-state index in [1.54, 1.807) is 41.3 Å². The minimum absolute atomic E-state index is 0.161. The molecule has 0 saturated heterocycles. The molecule has 1 aliphatic carbocycles. The van der Waals surface area contributed by atoms with Gasteiger partial charge >= 0.3 is 11.7 Å². The zero-order chi connectivity index (χ0) is 26.7. The van der Waals surface area contributed by atoms with Crippen LogP contribution in [0.1, 0.15) is 39.0 Å². The van der Waals surface area contributed by atoms with E-state index < -0.39 is 16.6 Å². The molecular weight excluding hydrogens is 527 g/mol. The molecule has 0 N–H and O–H groups in total. The maximum absolute atomic E-state index is 12.8. The summed E-state index contributed by atoms with van der Waals surface area (Å²) in [5, 5.41) is 7.95. The number of para-hydroxylation sites is 1. The van der Waals surface area contributed by atoms with Crippen LogP contribution in [0, 0.1) is 0 Å². The van der Waals surface area contributed by atoms with Gasteiger partial charge in [0, 0.05) is 25.7 Å². The molecule has 12 heteroatoms. The maximum atomic E-state index is 12.8. The van der Waals surface area contributed by atoms with Crippen molar-refractivity contribution in [3.05, 3.63) is 65.1 Å². The van der Waals surface area contributed by atoms with Crippen molar-refractivity contribution in [2.24, 2.45) is 0 Å². The van der Waals surface area contributed by atoms with Crippen LogP contribution in [0.15, 0.2) is 54.4 Å². The van der Waals surface area contributed by atoms with Gasteiger partial charge in [-0.15, -0.1) is 17.8 Å². The van der Waals surface area contributed by atoms with Gasteiger partial charge in [0.25, 0.3) is 5.91 Å². The molecule has 2 aromatic rings. The smallest absolute Gasteiger partial charge is 0.333 e. The van der Waals surface area contributed by atoms with Crippen molar-refractivity contribution in [3.8, 4) is 5.69 Å². The van der Waals surface area contributed by atoms with Crippen molar-refractivity contribution in [2.45, 2.75) is 49.9 Å². The largest absolute Gasteiger partial charge is 0.377 e. The molecule has 3 rings (SSSR count). The van der Waals surface area contributed by atoms with Crippen molar-refractivity contribution in [3.63, 3.8) is 0 Å². The Hall–Kier alpha value is -2.62. The van der Waals surface area contributed by atoms with Crippen LogP contribution in [0.5, 0.6) is 0 Å². The summed E-state index contributed by atoms with van der Waals surface area (Å²) in [5.74, 6) is -0.321. The standard InChI is InChI=1S/C16H20ClN5O2.C8H11Cl2NO/c1-2-20(12-8-4-3-5-9-12)15(23)22-16(24)21(18-19-22)14-11-7-6-10-13(14)17;1-3-5-11(6-4-2)8(12)7(9)10/h6-7,10-12H,2-5,8-9H2,1H3;3-4,7H,1-2,5-6H2. The number of alkyl halides is 2. The number of hydrogen-bond donors (Lipinski definition) is 0. The number of benzene rings is 1. The van der Waals surface area contributed by atoms with Crippen LogP contribution in [0.2, 0.25) is 5.02 Å². The lowest BCUT2D eigenvalue weighted by atomic mass is 9.94. The van der Waals surface area contributed by atoms with Gasteiger partial charge in [0.1, 0.15) is 0 Å². The van der Waals surface area contributed by atoms with Gasteiger partial charge in [0.15, 0.2) is 4.84 Å². The van der Waals surface area contributed by atoms with Crippen molar-refractivity contribution < 1.29 is 9.59 Å². The third-order valence-electron chi connectivity index (χ3n) is 5.64. The Kier molecular flexibility index (Phi) is 12.2. The molecule has 2 amide bonds. The number of carbonyl (C=O) groups is 2. The molecule has 0 spiro atoms. The minimum Gasteiger partial charge on any atom is -0.333 e. The van der Waals surface area contributed by atoms with Crippen LogP contribution in [0.4, 0.5) is 4.79 Å². The number of halogens is 3. The molecule has 9 nitrogen and oxygen atoms in total. The van der Waals surface area contributed by atoms with E-state index in [2.05, 4.69) is 23.6 Å². The Balaban J connectivity index is 0.000000324. The lowest BCUT2D eigenvalue weighted by Crippen LogP contribution is -2.46. The van der Waals surface area contributed by atoms with Crippen LogP contribution < -0.4 is 5.69 Å². The first-order chi connectivity index (χ1) is 17.3. The van der Waals surface area contributed by atoms with E-state index in [1.807, 2.05) is 6.92 Å². The van der Waals surface area contributed by atoms with E-state index in [1.165, 1.54) is 11.3 Å². The monoisotopic (exact) mass is 556 g/mol. The van der Waals surface area contributed by atoms with E-state index in [4.69, 9.17) is 34.8 Å². The van der Waals surface area contributed by atoms with E-state index in [0.29, 0.717) is 30.3 Å². The van der Waals surface area contributed by atoms with E-state index in [0.717, 1.165) is 35.0 Å². The lowest BCUT2D eigenvalue weighted by molar-refractivity contribution is -0.128. The summed E-state index contributed by atoms with van der Waals surface area (Å²) >= 11 is 16.9. The molecule has 1 fully saturated rings. The quantitative estimate of drug-likeness (QED) is 0.267. The summed E-state index contributed by atoms with van der Waals surface area (Å²) < 4.78 is 1.87. The molecule has 0 unspecified atom stereocenters. The number of nitrogens with zero attached hydrogens (tertiary/aromatic N) is 6. The Morgan fingerprint density at radius 1 is 1.11 bits per heavy atom. The second-order valence-electron chi connectivity index (χ2n) is 8.02. The van der Waals surface area contributed by atoms with Gasteiger partial charge in [0.05, 0.1) is 10.7 Å². The average Bonchev–Trinajstić information content (AvgIpc) is 3.26. The summed E-state index contributed by atoms with van der Waals surface area (Å²) in [6.07, 6.45) is 8.56. The summed E-state index contributed by atoms with van der Waals surface area (Å²) in [5.41, 5.74) is -0.203. The van der Waals surface area contributed by atoms with Crippen LogP contribution in [-0.4, -0.2) is 72.0 Å². The Morgan fingerprint density at radius 2 is 1.72 bits per heavy atom. The molecule has 196 valence electrons. The van der Waals surface area contributed by atoms with Crippen molar-refractivity contribution in [1.29, 1.82) is 0 Å². The SMILES string of the molecule is C=CCN(CC=C)C(=O)C(Cl)Cl.CCN(C(=O)n1nnn(-c2ccccc2Cl)c1=O)C1CCCCC1. The molecule has 36 heavy (non-hydrogen) atoms. The Labute approximate surface area is 225 Å². The number of tetrazole rings is 1. The van der Waals surface area contributed by atoms with Crippen molar-refractivity contribution >= 4 is 46.7 Å². The first kappa shape index (κ1) is 29.6. The van der Waals surface area contributed by atoms with Gasteiger partial charge in [-0.3, -0.25) is 4.79 Å². The second kappa shape index (κ2) is 14.8. The normalized spacial score (nSPS) is 13.5. The Bertz CT molecular complexity index is 1080. The van der Waals surface area contributed by atoms with E-state index in [9.17, 15) is 14.4 Å². The van der Waals surface area contributed by atoms with Crippen molar-refractivity contribution in [1.82, 2.24) is 29.6 Å². The first-order valence-corrected chi connectivity index (χ1v) is 12.9. The number of hydrogen-bond acceptors (Lipinski definition) is 5. The summed E-state index contributed by atoms with van der Waals surface area (Å²) in [6.45, 7) is 10.3. The second-order valence-corrected chi connectivity index (χ2v) is 9.52. The maximum Gasteiger partial charge on any atom is 0.377 e. The molecule has 1 heterocycles. The van der Waals surface area contributed by atoms with Gasteiger partial charge in [0.2, 0.25) is 0 Å². The topological polar surface area (TPSA) is 93.3 Å². The summed E-state index contributed by atoms with van der Waals surface area (Å²) in [7, 11) is 0. The van der Waals surface area contributed by atoms with Gasteiger partial charge in [-0.2, -0.15) is 4.68 Å². The van der Waals surface area contributed by atoms with E-state index >= 15 is 0 Å². The molecule has 0 atom stereocenters. The molecule has 0 aliphatic heterocycles. The molecule has 1 aliphatic rings. The van der Waals surface area contributed by atoms with Crippen LogP contribution >= 0.6 is 34.8 Å². The third kappa shape index (κ3) is 7.69. The predicted molar refractivity (Wildman–Crippen MR) is 143 cm³/mol. The van der Waals surface area contributed by atoms with Gasteiger partial charge in [-0.05, 0) is 42.3 Å². The van der Waals surface area contributed by atoms with Crippen LogP contribution in [0.25, 0.3) is 5.69 Å². The van der Waals surface area contributed by atoms with Crippen molar-refractivity contribution in [2.75, 3.05) is 19.6 Å². The molecule has 1 aromatic heterocycles. The summed E-state index contributed by atoms with van der Waals surface area (Å²) in [4.78, 5) is 38.7. The highest BCUT2D eigenvalue weighted by molar-refractivity contribution is 6.53. The van der Waals surface area contributed by atoms with Gasteiger partial charge in [-0.25, -0.2) is 9.59 Å². The number of carbonyl (C=O) groups excluding carboxylic acids is 2. The summed E-state index contributed by atoms with van der Waals surface area (Å²) in [6, 6.07) is 6.56. The predicted octanol–water partition coefficient (Wildman–Crippen LogP) is 4.70. The number of rotatable bonds is 8. The molecule has 0 radical (unpaired) electrons. The van der Waals surface area contributed by atoms with Gasteiger partial charge < -0.3 is 9.80 Å². The number of amides is 2. The highest BCUT2D eigenvalue weighted by Gasteiger charge is 2.28. The highest BCUT2D eigenvalue weighted by atomic mass is 35.5. The first-order valence-electron chi connectivity index (χ1n) is 11.7. The fraction of sp³-hybridized carbons (Fsp3) is 0.458. The molecule has 0 bridgehead atoms. The lowest BCUT2D eigenvalue weighted by Gasteiger charge is -2.32. The third-order valence-corrected chi connectivity index (χ3v) is 6.34. The zero-order valence-electron chi connectivity index (χ0n) is 20.2. The molecule has 1 aromatic carbocycles. The van der Waals surface area contributed by atoms with Crippen LogP contribution in [-0.2, 0) is 4.79 Å². The minimum atomic E-state index is -1.01. The highest BCUT2D eigenvalue weighted by Crippen LogP contribution is 2.23. The fourth-order valence-electron chi connectivity index (χ4n) is 3.91. The Morgan fingerprint density at radius 3 is 2.25 bits per heavy atom. The molecule has 1 saturated carbocycles. The van der Waals surface area contributed by atoms with Crippen LogP contribution in [0.3, 0.4) is 0 Å². The van der Waals surface area contributed by atoms with E-state index in [-0.39, 0.29) is 11.9 Å². The average molecular weight is 558 g/mol. The number of aromatic nitrogens is 4. The van der Waals surface area contributed by atoms with Gasteiger partial charge in [-0.1, -0.05) is 78.4 Å². The molecular formula is C24H31Cl3N6O3. The fourth-order valence-corrected chi connectivity index (χ4v) is 4.40. The zero-order valence-corrected chi connectivity index (χ0v) is 22.5.